The molecule has 2 saturated carbocycles. The number of nitrogens with zero attached hydrogens (tertiary/aromatic N) is 1. The Labute approximate surface area is 151 Å². The number of carbonyl (C=O) groups is 1. The summed E-state index contributed by atoms with van der Waals surface area (Å²) in [7, 11) is 0. The largest absolute Gasteiger partial charge is 0.393 e. The lowest BCUT2D eigenvalue weighted by atomic mass is 9.70. The first-order valence-electron chi connectivity index (χ1n) is 10.6. The summed E-state index contributed by atoms with van der Waals surface area (Å²) in [6.07, 6.45) is 10.0. The molecular formula is C20H35N3O2. The number of nitrogens with one attached hydrogen (secondary N) is 2. The van der Waals surface area contributed by atoms with E-state index in [0.717, 1.165) is 70.6 Å². The van der Waals surface area contributed by atoms with Gasteiger partial charge in [0.25, 0.3) is 0 Å². The molecule has 0 aromatic heterocycles. The SMILES string of the molecule is O=C(C1CCC1)N1CCC(N[C@@H](C2CCNCC2)C2CC(O)C2)CC1. The number of piperidine rings is 2. The molecule has 4 rings (SSSR count). The monoisotopic (exact) mass is 349 g/mol. The molecule has 2 heterocycles. The van der Waals surface area contributed by atoms with Gasteiger partial charge < -0.3 is 20.6 Å². The molecule has 0 bridgehead atoms. The summed E-state index contributed by atoms with van der Waals surface area (Å²) in [5, 5.41) is 17.2. The summed E-state index contributed by atoms with van der Waals surface area (Å²) in [6.45, 7) is 4.12. The fraction of sp³-hybridized carbons (Fsp3) is 0.950. The third-order valence-corrected chi connectivity index (χ3v) is 7.24. The third-order valence-electron chi connectivity index (χ3n) is 7.24. The van der Waals surface area contributed by atoms with E-state index in [1.165, 1.54) is 19.3 Å². The molecule has 3 N–H and O–H groups in total. The van der Waals surface area contributed by atoms with E-state index in [9.17, 15) is 9.90 Å². The Morgan fingerprint density at radius 2 is 1.68 bits per heavy atom. The fourth-order valence-electron chi connectivity index (χ4n) is 5.24. The molecule has 25 heavy (non-hydrogen) atoms. The number of carbonyl (C=O) groups excluding carboxylic acids is 1. The highest BCUT2D eigenvalue weighted by atomic mass is 16.3. The minimum absolute atomic E-state index is 0.0713. The number of hydrogen-bond acceptors (Lipinski definition) is 4. The van der Waals surface area contributed by atoms with Crippen molar-refractivity contribution in [1.29, 1.82) is 0 Å². The van der Waals surface area contributed by atoms with E-state index in [2.05, 4.69) is 15.5 Å². The Kier molecular flexibility index (Phi) is 5.63. The maximum atomic E-state index is 12.4. The first-order chi connectivity index (χ1) is 12.2. The molecule has 0 spiro atoms. The van der Waals surface area contributed by atoms with Gasteiger partial charge in [0, 0.05) is 31.1 Å². The normalized spacial score (nSPS) is 33.6. The molecule has 142 valence electrons. The van der Waals surface area contributed by atoms with Crippen LogP contribution in [-0.4, -0.2) is 60.3 Å². The van der Waals surface area contributed by atoms with Gasteiger partial charge in [-0.05, 0) is 76.3 Å². The van der Waals surface area contributed by atoms with Crippen molar-refractivity contribution in [2.75, 3.05) is 26.2 Å². The minimum Gasteiger partial charge on any atom is -0.393 e. The highest BCUT2D eigenvalue weighted by Crippen LogP contribution is 2.36. The number of likely N-dealkylation sites (tertiary alicyclic amines) is 1. The minimum atomic E-state index is -0.0713. The predicted octanol–water partition coefficient (Wildman–Crippen LogP) is 1.51. The van der Waals surface area contributed by atoms with Gasteiger partial charge in [-0.1, -0.05) is 6.42 Å². The molecule has 2 aliphatic heterocycles. The molecule has 0 aromatic rings. The molecule has 2 aliphatic carbocycles. The van der Waals surface area contributed by atoms with Crippen molar-refractivity contribution >= 4 is 5.91 Å². The molecular weight excluding hydrogens is 314 g/mol. The second-order valence-electron chi connectivity index (χ2n) is 8.89. The lowest BCUT2D eigenvalue weighted by Crippen LogP contribution is -2.56. The highest BCUT2D eigenvalue weighted by Gasteiger charge is 2.40. The van der Waals surface area contributed by atoms with Crippen LogP contribution in [-0.2, 0) is 4.79 Å². The van der Waals surface area contributed by atoms with Gasteiger partial charge in [0.15, 0.2) is 0 Å². The van der Waals surface area contributed by atoms with Gasteiger partial charge in [0.05, 0.1) is 6.10 Å². The van der Waals surface area contributed by atoms with Gasteiger partial charge in [-0.2, -0.15) is 0 Å². The van der Waals surface area contributed by atoms with Gasteiger partial charge in [0.1, 0.15) is 0 Å². The van der Waals surface area contributed by atoms with Crippen LogP contribution in [0.25, 0.3) is 0 Å². The summed E-state index contributed by atoms with van der Waals surface area (Å²) in [5.74, 6) is 2.14. The molecule has 0 radical (unpaired) electrons. The van der Waals surface area contributed by atoms with E-state index in [4.69, 9.17) is 0 Å². The summed E-state index contributed by atoms with van der Waals surface area (Å²) in [6, 6.07) is 1.10. The molecule has 4 fully saturated rings. The molecule has 4 aliphatic rings. The molecule has 5 heteroatoms. The molecule has 1 amide bonds. The van der Waals surface area contributed by atoms with Gasteiger partial charge >= 0.3 is 0 Å². The van der Waals surface area contributed by atoms with Crippen LogP contribution in [0.15, 0.2) is 0 Å². The smallest absolute Gasteiger partial charge is 0.225 e. The summed E-state index contributed by atoms with van der Waals surface area (Å²) < 4.78 is 0. The highest BCUT2D eigenvalue weighted by molar-refractivity contribution is 5.79. The number of amides is 1. The van der Waals surface area contributed by atoms with Crippen molar-refractivity contribution in [2.24, 2.45) is 17.8 Å². The second kappa shape index (κ2) is 7.93. The second-order valence-corrected chi connectivity index (χ2v) is 8.89. The topological polar surface area (TPSA) is 64.6 Å². The number of aliphatic hydroxyl groups is 1. The van der Waals surface area contributed by atoms with Crippen LogP contribution in [0.4, 0.5) is 0 Å². The Morgan fingerprint density at radius 1 is 1.00 bits per heavy atom. The molecule has 1 atom stereocenters. The van der Waals surface area contributed by atoms with E-state index in [-0.39, 0.29) is 6.10 Å². The van der Waals surface area contributed by atoms with Crippen LogP contribution < -0.4 is 10.6 Å². The van der Waals surface area contributed by atoms with E-state index in [1.54, 1.807) is 0 Å². The maximum Gasteiger partial charge on any atom is 0.225 e. The predicted molar refractivity (Wildman–Crippen MR) is 98.2 cm³/mol. The molecule has 2 saturated heterocycles. The van der Waals surface area contributed by atoms with Crippen LogP contribution in [0.3, 0.4) is 0 Å². The van der Waals surface area contributed by atoms with E-state index in [1.807, 2.05) is 0 Å². The van der Waals surface area contributed by atoms with Crippen LogP contribution in [0.1, 0.15) is 57.8 Å². The first-order valence-corrected chi connectivity index (χ1v) is 10.6. The van der Waals surface area contributed by atoms with Crippen molar-refractivity contribution in [2.45, 2.75) is 76.0 Å². The van der Waals surface area contributed by atoms with Crippen molar-refractivity contribution in [1.82, 2.24) is 15.5 Å². The summed E-state index contributed by atoms with van der Waals surface area (Å²) in [4.78, 5) is 14.5. The zero-order valence-corrected chi connectivity index (χ0v) is 15.5. The van der Waals surface area contributed by atoms with Crippen molar-refractivity contribution < 1.29 is 9.90 Å². The van der Waals surface area contributed by atoms with Crippen LogP contribution in [0.2, 0.25) is 0 Å². The van der Waals surface area contributed by atoms with Crippen LogP contribution >= 0.6 is 0 Å². The average Bonchev–Trinajstić information content (AvgIpc) is 2.57. The zero-order chi connectivity index (χ0) is 17.2. The Balaban J connectivity index is 1.29. The zero-order valence-electron chi connectivity index (χ0n) is 15.5. The van der Waals surface area contributed by atoms with Crippen LogP contribution in [0, 0.1) is 17.8 Å². The van der Waals surface area contributed by atoms with Crippen LogP contribution in [0.5, 0.6) is 0 Å². The Bertz CT molecular complexity index is 448. The molecule has 0 unspecified atom stereocenters. The van der Waals surface area contributed by atoms with E-state index >= 15 is 0 Å². The number of rotatable bonds is 5. The first kappa shape index (κ1) is 17.7. The van der Waals surface area contributed by atoms with Crippen molar-refractivity contribution in [3.8, 4) is 0 Å². The lowest BCUT2D eigenvalue weighted by Gasteiger charge is -2.46. The summed E-state index contributed by atoms with van der Waals surface area (Å²) in [5.41, 5.74) is 0. The maximum absolute atomic E-state index is 12.4. The van der Waals surface area contributed by atoms with Gasteiger partial charge in [-0.25, -0.2) is 0 Å². The Morgan fingerprint density at radius 3 is 2.24 bits per heavy atom. The Hall–Kier alpha value is -0.650. The van der Waals surface area contributed by atoms with Gasteiger partial charge in [0.2, 0.25) is 5.91 Å². The lowest BCUT2D eigenvalue weighted by molar-refractivity contribution is -0.139. The van der Waals surface area contributed by atoms with Gasteiger partial charge in [-0.3, -0.25) is 4.79 Å². The molecule has 5 nitrogen and oxygen atoms in total. The number of aliphatic hydroxyl groups excluding tert-OH is 1. The quantitative estimate of drug-likeness (QED) is 0.704. The third kappa shape index (κ3) is 4.04. The van der Waals surface area contributed by atoms with Crippen molar-refractivity contribution in [3.63, 3.8) is 0 Å². The summed E-state index contributed by atoms with van der Waals surface area (Å²) >= 11 is 0. The molecule has 0 aromatic carbocycles. The standard InChI is InChI=1S/C20H35N3O2/c24-18-12-16(13-18)19(14-4-8-21-9-5-14)22-17-6-10-23(11-7-17)20(25)15-2-1-3-15/h14-19,21-22,24H,1-13H2/t16?,18?,19-/m0/s1. The van der Waals surface area contributed by atoms with E-state index in [0.29, 0.717) is 29.8 Å². The fourth-order valence-corrected chi connectivity index (χ4v) is 5.24. The van der Waals surface area contributed by atoms with E-state index < -0.39 is 0 Å². The average molecular weight is 350 g/mol. The number of hydrogen-bond donors (Lipinski definition) is 3. The van der Waals surface area contributed by atoms with Gasteiger partial charge in [-0.15, -0.1) is 0 Å². The van der Waals surface area contributed by atoms with Crippen molar-refractivity contribution in [3.05, 3.63) is 0 Å².